The van der Waals surface area contributed by atoms with Crippen LogP contribution in [0, 0.1) is 12.8 Å². The predicted octanol–water partition coefficient (Wildman–Crippen LogP) is 4.13. The standard InChI is InChI=1S/C12H18N2O2.C2H6.C2H5.Y/c1-8(12(15)13-2)7-10-9-5-3-4-6-11(9)16-14-10;2*1-2;/h8H,3-7H2,1-2H3,(H,13,15);1-2H3;1H2,2H3;/q;;-1;/p-1. The summed E-state index contributed by atoms with van der Waals surface area (Å²) >= 11 is 0. The largest absolute Gasteiger partial charge is 0.656 e. The SMILES string of the molecule is CC.C[N-]C(=O)C(C)Cc1noc2c1CCCC2.[CH2-]C.[Y]. The van der Waals surface area contributed by atoms with E-state index in [0.717, 1.165) is 24.3 Å². The Bertz CT molecular complexity index is 392. The van der Waals surface area contributed by atoms with Gasteiger partial charge in [0.05, 0.1) is 11.6 Å². The number of rotatable bonds is 3. The smallest absolute Gasteiger partial charge is 0.140 e. The summed E-state index contributed by atoms with van der Waals surface area (Å²) in [6.07, 6.45) is 5.05. The zero-order chi connectivity index (χ0) is 15.5. The summed E-state index contributed by atoms with van der Waals surface area (Å²) in [5.41, 5.74) is 2.20. The molecule has 0 saturated carbocycles. The topological polar surface area (TPSA) is 57.2 Å². The van der Waals surface area contributed by atoms with E-state index >= 15 is 0 Å². The summed E-state index contributed by atoms with van der Waals surface area (Å²) in [7, 11) is 1.54. The van der Waals surface area contributed by atoms with E-state index in [-0.39, 0.29) is 44.5 Å². The van der Waals surface area contributed by atoms with E-state index in [4.69, 9.17) is 4.52 Å². The van der Waals surface area contributed by atoms with Crippen LogP contribution in [0.2, 0.25) is 0 Å². The molecule has 0 aliphatic heterocycles. The first-order valence-electron chi connectivity index (χ1n) is 7.53. The van der Waals surface area contributed by atoms with Crippen molar-refractivity contribution in [2.45, 2.75) is 59.8 Å². The average molecular weight is 369 g/mol. The third-order valence-electron chi connectivity index (χ3n) is 3.17. The van der Waals surface area contributed by atoms with Gasteiger partial charge in [-0.25, -0.2) is 0 Å². The van der Waals surface area contributed by atoms with Crippen molar-refractivity contribution >= 4 is 5.91 Å². The van der Waals surface area contributed by atoms with Gasteiger partial charge >= 0.3 is 0 Å². The van der Waals surface area contributed by atoms with E-state index in [9.17, 15) is 4.79 Å². The molecule has 1 atom stereocenters. The van der Waals surface area contributed by atoms with E-state index in [1.54, 1.807) is 6.92 Å². The van der Waals surface area contributed by atoms with Crippen molar-refractivity contribution in [3.05, 3.63) is 29.3 Å². The van der Waals surface area contributed by atoms with Crippen LogP contribution in [0.15, 0.2) is 4.52 Å². The number of carbonyl (C=O) groups is 1. The maximum absolute atomic E-state index is 11.4. The molecule has 1 aliphatic rings. The van der Waals surface area contributed by atoms with Crippen LogP contribution in [0.25, 0.3) is 5.32 Å². The molecule has 119 valence electrons. The molecule has 1 aromatic heterocycles. The van der Waals surface area contributed by atoms with E-state index in [0.29, 0.717) is 6.42 Å². The van der Waals surface area contributed by atoms with Crippen LogP contribution in [0.3, 0.4) is 0 Å². The average Bonchev–Trinajstić information content (AvgIpc) is 2.93. The molecule has 0 aromatic carbocycles. The molecule has 0 fully saturated rings. The first-order chi connectivity index (χ1) is 9.72. The van der Waals surface area contributed by atoms with Gasteiger partial charge < -0.3 is 21.6 Å². The quantitative estimate of drug-likeness (QED) is 0.753. The van der Waals surface area contributed by atoms with Crippen LogP contribution in [0.1, 0.15) is 57.6 Å². The molecule has 1 aliphatic carbocycles. The van der Waals surface area contributed by atoms with Crippen molar-refractivity contribution in [1.29, 1.82) is 0 Å². The van der Waals surface area contributed by atoms with Crippen molar-refractivity contribution in [2.24, 2.45) is 5.92 Å². The zero-order valence-corrected chi connectivity index (χ0v) is 16.9. The number of carbonyl (C=O) groups excluding carboxylic acids is 1. The van der Waals surface area contributed by atoms with Crippen molar-refractivity contribution in [3.63, 3.8) is 0 Å². The summed E-state index contributed by atoms with van der Waals surface area (Å²) in [5, 5.41) is 7.77. The minimum absolute atomic E-state index is 0. The number of nitrogens with zero attached hydrogens (tertiary/aromatic N) is 2. The number of amides is 1. The normalized spacial score (nSPS) is 13.2. The van der Waals surface area contributed by atoms with Crippen LogP contribution in [-0.4, -0.2) is 18.1 Å². The molecule has 0 bridgehead atoms. The van der Waals surface area contributed by atoms with Gasteiger partial charge in [-0.15, -0.1) is 7.05 Å². The van der Waals surface area contributed by atoms with E-state index in [1.165, 1.54) is 25.5 Å². The molecule has 1 aromatic rings. The zero-order valence-electron chi connectivity index (χ0n) is 14.1. The van der Waals surface area contributed by atoms with Gasteiger partial charge in [-0.1, -0.05) is 25.9 Å². The Morgan fingerprint density at radius 3 is 2.48 bits per heavy atom. The summed E-state index contributed by atoms with van der Waals surface area (Å²) in [5.74, 6) is 0.864. The summed E-state index contributed by atoms with van der Waals surface area (Å²) in [6.45, 7) is 10.9. The van der Waals surface area contributed by atoms with Crippen LogP contribution in [0.5, 0.6) is 0 Å². The Kier molecular flexibility index (Phi) is 14.8. The Morgan fingerprint density at radius 1 is 1.33 bits per heavy atom. The van der Waals surface area contributed by atoms with Gasteiger partial charge in [0.15, 0.2) is 0 Å². The molecule has 1 radical (unpaired) electrons. The third kappa shape index (κ3) is 7.05. The summed E-state index contributed by atoms with van der Waals surface area (Å²) < 4.78 is 5.31. The molecule has 1 heterocycles. The monoisotopic (exact) mass is 369 g/mol. The fourth-order valence-electron chi connectivity index (χ4n) is 2.21. The predicted molar refractivity (Wildman–Crippen MR) is 82.7 cm³/mol. The molecule has 4 nitrogen and oxygen atoms in total. The number of aromatic nitrogens is 1. The van der Waals surface area contributed by atoms with Crippen LogP contribution in [-0.2, 0) is 56.8 Å². The number of aryl methyl sites for hydroxylation is 1. The van der Waals surface area contributed by atoms with Crippen molar-refractivity contribution in [2.75, 3.05) is 7.05 Å². The maximum atomic E-state index is 11.4. The maximum Gasteiger partial charge on any atom is 0.140 e. The van der Waals surface area contributed by atoms with Gasteiger partial charge in [0, 0.05) is 57.0 Å². The molecule has 1 unspecified atom stereocenters. The third-order valence-corrected chi connectivity index (χ3v) is 3.17. The first kappa shape index (κ1) is 23.1. The van der Waals surface area contributed by atoms with Crippen LogP contribution < -0.4 is 0 Å². The molecular formula is C16H28N2O2Y-2. The fourth-order valence-corrected chi connectivity index (χ4v) is 2.21. The Balaban J connectivity index is 0. The van der Waals surface area contributed by atoms with E-state index < -0.39 is 0 Å². The molecule has 2 rings (SSSR count). The number of hydrogen-bond donors (Lipinski definition) is 0. The summed E-state index contributed by atoms with van der Waals surface area (Å²) in [4.78, 5) is 11.4. The van der Waals surface area contributed by atoms with Gasteiger partial charge in [-0.05, 0) is 19.3 Å². The molecule has 0 saturated heterocycles. The first-order valence-corrected chi connectivity index (χ1v) is 7.53. The minimum Gasteiger partial charge on any atom is -0.656 e. The Labute approximate surface area is 154 Å². The molecule has 0 spiro atoms. The Hall–Kier alpha value is -0.216. The van der Waals surface area contributed by atoms with E-state index in [2.05, 4.69) is 17.4 Å². The van der Waals surface area contributed by atoms with Gasteiger partial charge in [-0.2, -0.15) is 6.92 Å². The second-order valence-corrected chi connectivity index (χ2v) is 4.41. The molecule has 1 amide bonds. The second kappa shape index (κ2) is 13.4. The van der Waals surface area contributed by atoms with Gasteiger partial charge in [0.25, 0.3) is 0 Å². The number of hydrogen-bond acceptors (Lipinski definition) is 3. The minimum atomic E-state index is -0.0962. The summed E-state index contributed by atoms with van der Waals surface area (Å²) in [6, 6.07) is 0. The van der Waals surface area contributed by atoms with E-state index in [1.807, 2.05) is 20.8 Å². The van der Waals surface area contributed by atoms with Gasteiger partial charge in [-0.3, -0.25) is 0 Å². The number of fused-ring (bicyclic) bond motifs is 1. The van der Waals surface area contributed by atoms with Crippen molar-refractivity contribution < 1.29 is 42.0 Å². The fraction of sp³-hybridized carbons (Fsp3) is 0.688. The van der Waals surface area contributed by atoms with Crippen molar-refractivity contribution in [3.8, 4) is 0 Å². The van der Waals surface area contributed by atoms with Gasteiger partial charge in [0.2, 0.25) is 0 Å². The van der Waals surface area contributed by atoms with Crippen molar-refractivity contribution in [1.82, 2.24) is 5.16 Å². The Morgan fingerprint density at radius 2 is 1.90 bits per heavy atom. The molecule has 5 heteroatoms. The van der Waals surface area contributed by atoms with Gasteiger partial charge in [0.1, 0.15) is 5.76 Å². The second-order valence-electron chi connectivity index (χ2n) is 4.41. The molecular weight excluding hydrogens is 341 g/mol. The molecule has 0 N–H and O–H groups in total. The van der Waals surface area contributed by atoms with Crippen LogP contribution >= 0.6 is 0 Å². The molecule has 21 heavy (non-hydrogen) atoms. The van der Waals surface area contributed by atoms with Crippen LogP contribution in [0.4, 0.5) is 0 Å².